The van der Waals surface area contributed by atoms with Crippen molar-refractivity contribution in [1.82, 2.24) is 19.7 Å². The molecule has 1 aliphatic rings. The Morgan fingerprint density at radius 3 is 2.43 bits per heavy atom. The summed E-state index contributed by atoms with van der Waals surface area (Å²) in [6, 6.07) is 23.4. The summed E-state index contributed by atoms with van der Waals surface area (Å²) in [6.07, 6.45) is 6.15. The zero-order chi connectivity index (χ0) is 25.2. The summed E-state index contributed by atoms with van der Waals surface area (Å²) in [7, 11) is 0. The van der Waals surface area contributed by atoms with Crippen LogP contribution in [0.3, 0.4) is 0 Å². The van der Waals surface area contributed by atoms with E-state index in [9.17, 15) is 0 Å². The molecule has 5 aromatic rings. The van der Waals surface area contributed by atoms with Gasteiger partial charge in [-0.1, -0.05) is 42.6 Å². The fourth-order valence-electron chi connectivity index (χ4n) is 4.79. The molecule has 7 nitrogen and oxygen atoms in total. The maximum absolute atomic E-state index is 6.27. The molecule has 0 bridgehead atoms. The van der Waals surface area contributed by atoms with Gasteiger partial charge in [-0.3, -0.25) is 0 Å². The lowest BCUT2D eigenvalue weighted by molar-refractivity contribution is 0.304. The van der Waals surface area contributed by atoms with E-state index in [4.69, 9.17) is 31.9 Å². The number of ether oxygens (including phenoxy) is 2. The lowest BCUT2D eigenvalue weighted by Crippen LogP contribution is -2.07. The van der Waals surface area contributed by atoms with Gasteiger partial charge in [0.15, 0.2) is 5.65 Å². The minimum Gasteiger partial charge on any atom is -0.489 e. The predicted octanol–water partition coefficient (Wildman–Crippen LogP) is 7.22. The van der Waals surface area contributed by atoms with Crippen LogP contribution in [0.4, 0.5) is 5.82 Å². The molecule has 6 rings (SSSR count). The van der Waals surface area contributed by atoms with Gasteiger partial charge in [-0.15, -0.1) is 0 Å². The summed E-state index contributed by atoms with van der Waals surface area (Å²) in [5.74, 6) is 2.57. The van der Waals surface area contributed by atoms with Gasteiger partial charge in [0.25, 0.3) is 0 Å². The van der Waals surface area contributed by atoms with E-state index in [1.807, 2.05) is 77.5 Å². The molecule has 2 aromatic heterocycles. The SMILES string of the molecule is Nc1ncnc2c1c(-c1ccc(Oc3cccc(OCc4ccc(Cl)cc4)c3)cc1)nn2C1CCCC1. The lowest BCUT2D eigenvalue weighted by Gasteiger charge is -2.10. The van der Waals surface area contributed by atoms with E-state index in [1.165, 1.54) is 19.2 Å². The Kier molecular flexibility index (Phi) is 6.37. The zero-order valence-electron chi connectivity index (χ0n) is 20.2. The van der Waals surface area contributed by atoms with Crippen LogP contribution in [0.1, 0.15) is 37.3 Å². The summed E-state index contributed by atoms with van der Waals surface area (Å²) in [6.45, 7) is 0.448. The summed E-state index contributed by atoms with van der Waals surface area (Å²) in [5, 5.41) is 6.45. The number of nitrogens with two attached hydrogens (primary N) is 1. The van der Waals surface area contributed by atoms with Crippen LogP contribution in [0.5, 0.6) is 17.2 Å². The summed E-state index contributed by atoms with van der Waals surface area (Å²) in [5.41, 5.74) is 9.85. The number of hydrogen-bond donors (Lipinski definition) is 1. The first-order valence-electron chi connectivity index (χ1n) is 12.4. The van der Waals surface area contributed by atoms with E-state index >= 15 is 0 Å². The minimum absolute atomic E-state index is 0.349. The second-order valence-electron chi connectivity index (χ2n) is 9.21. The van der Waals surface area contributed by atoms with Crippen LogP contribution in [-0.2, 0) is 6.61 Å². The van der Waals surface area contributed by atoms with E-state index in [0.29, 0.717) is 35.0 Å². The molecule has 0 atom stereocenters. The number of halogens is 1. The molecule has 0 spiro atoms. The Morgan fingerprint density at radius 1 is 0.892 bits per heavy atom. The number of hydrogen-bond acceptors (Lipinski definition) is 6. The summed E-state index contributed by atoms with van der Waals surface area (Å²) in [4.78, 5) is 8.74. The molecular formula is C29H26ClN5O2. The number of benzene rings is 3. The van der Waals surface area contributed by atoms with E-state index in [1.54, 1.807) is 0 Å². The fourth-order valence-corrected chi connectivity index (χ4v) is 4.92. The van der Waals surface area contributed by atoms with Crippen molar-refractivity contribution in [2.45, 2.75) is 38.3 Å². The lowest BCUT2D eigenvalue weighted by atomic mass is 10.1. The molecule has 8 heteroatoms. The average Bonchev–Trinajstić information content (AvgIpc) is 3.58. The standard InChI is InChI=1S/C29H26ClN5O2/c30-21-12-8-19(9-13-21)17-36-24-6-3-7-25(16-24)37-23-14-10-20(11-15-23)27-26-28(31)32-18-33-29(26)35(34-27)22-4-1-2-5-22/h3,6-16,18,22H,1-2,4-5,17H2,(H2,31,32,33). The number of fused-ring (bicyclic) bond motifs is 1. The van der Waals surface area contributed by atoms with Crippen LogP contribution < -0.4 is 15.2 Å². The van der Waals surface area contributed by atoms with Crippen LogP contribution in [0, 0.1) is 0 Å². The predicted molar refractivity (Wildman–Crippen MR) is 145 cm³/mol. The van der Waals surface area contributed by atoms with Gasteiger partial charge in [-0.25, -0.2) is 14.6 Å². The highest BCUT2D eigenvalue weighted by Crippen LogP contribution is 2.37. The van der Waals surface area contributed by atoms with Crippen molar-refractivity contribution in [3.63, 3.8) is 0 Å². The molecule has 0 aliphatic heterocycles. The van der Waals surface area contributed by atoms with Gasteiger partial charge in [0.2, 0.25) is 0 Å². The molecule has 186 valence electrons. The number of aromatic nitrogens is 4. The molecule has 0 radical (unpaired) electrons. The van der Waals surface area contributed by atoms with Gasteiger partial charge in [0.1, 0.15) is 41.7 Å². The molecule has 2 N–H and O–H groups in total. The number of nitrogen functional groups attached to an aromatic ring is 1. The molecular weight excluding hydrogens is 486 g/mol. The maximum Gasteiger partial charge on any atom is 0.164 e. The Morgan fingerprint density at radius 2 is 1.65 bits per heavy atom. The Labute approximate surface area is 219 Å². The molecule has 3 aromatic carbocycles. The number of nitrogens with zero attached hydrogens (tertiary/aromatic N) is 4. The Balaban J connectivity index is 1.20. The molecule has 37 heavy (non-hydrogen) atoms. The second kappa shape index (κ2) is 10.1. The quantitative estimate of drug-likeness (QED) is 0.248. The minimum atomic E-state index is 0.349. The highest BCUT2D eigenvalue weighted by atomic mass is 35.5. The van der Waals surface area contributed by atoms with Crippen molar-refractivity contribution >= 4 is 28.5 Å². The Hall–Kier alpha value is -4.10. The zero-order valence-corrected chi connectivity index (χ0v) is 20.9. The van der Waals surface area contributed by atoms with Gasteiger partial charge in [-0.05, 0) is 66.9 Å². The van der Waals surface area contributed by atoms with Gasteiger partial charge in [0.05, 0.1) is 11.4 Å². The van der Waals surface area contributed by atoms with Crippen LogP contribution in [-0.4, -0.2) is 19.7 Å². The summed E-state index contributed by atoms with van der Waals surface area (Å²) >= 11 is 5.96. The topological polar surface area (TPSA) is 88.1 Å². The van der Waals surface area contributed by atoms with E-state index in [0.717, 1.165) is 46.4 Å². The van der Waals surface area contributed by atoms with E-state index in [2.05, 4.69) is 9.97 Å². The molecule has 1 aliphatic carbocycles. The monoisotopic (exact) mass is 511 g/mol. The van der Waals surface area contributed by atoms with Crippen LogP contribution >= 0.6 is 11.6 Å². The molecule has 2 heterocycles. The van der Waals surface area contributed by atoms with Crippen molar-refractivity contribution in [3.8, 4) is 28.5 Å². The maximum atomic E-state index is 6.27. The van der Waals surface area contributed by atoms with Gasteiger partial charge < -0.3 is 15.2 Å². The fraction of sp³-hybridized carbons (Fsp3) is 0.207. The first-order chi connectivity index (χ1) is 18.1. The molecule has 0 saturated heterocycles. The molecule has 0 unspecified atom stereocenters. The van der Waals surface area contributed by atoms with Crippen molar-refractivity contribution in [1.29, 1.82) is 0 Å². The molecule has 1 fully saturated rings. The van der Waals surface area contributed by atoms with E-state index < -0.39 is 0 Å². The third-order valence-electron chi connectivity index (χ3n) is 6.68. The third kappa shape index (κ3) is 4.95. The number of rotatable bonds is 7. The van der Waals surface area contributed by atoms with Gasteiger partial charge in [-0.2, -0.15) is 5.10 Å². The van der Waals surface area contributed by atoms with Gasteiger partial charge >= 0.3 is 0 Å². The van der Waals surface area contributed by atoms with Crippen LogP contribution in [0.2, 0.25) is 5.02 Å². The highest BCUT2D eigenvalue weighted by Gasteiger charge is 2.24. The van der Waals surface area contributed by atoms with Crippen molar-refractivity contribution in [2.75, 3.05) is 5.73 Å². The molecule has 0 amide bonds. The van der Waals surface area contributed by atoms with Crippen LogP contribution in [0.25, 0.3) is 22.3 Å². The van der Waals surface area contributed by atoms with E-state index in [-0.39, 0.29) is 0 Å². The second-order valence-corrected chi connectivity index (χ2v) is 9.64. The highest BCUT2D eigenvalue weighted by molar-refractivity contribution is 6.30. The van der Waals surface area contributed by atoms with Crippen molar-refractivity contribution in [3.05, 3.63) is 89.7 Å². The van der Waals surface area contributed by atoms with Gasteiger partial charge in [0, 0.05) is 16.7 Å². The average molecular weight is 512 g/mol. The Bertz CT molecular complexity index is 1530. The van der Waals surface area contributed by atoms with Crippen LogP contribution in [0.15, 0.2) is 79.1 Å². The number of anilines is 1. The van der Waals surface area contributed by atoms with Crippen molar-refractivity contribution < 1.29 is 9.47 Å². The largest absolute Gasteiger partial charge is 0.489 e. The smallest absolute Gasteiger partial charge is 0.164 e. The normalized spacial score (nSPS) is 13.8. The first kappa shape index (κ1) is 23.3. The third-order valence-corrected chi connectivity index (χ3v) is 6.93. The first-order valence-corrected chi connectivity index (χ1v) is 12.8. The molecule has 1 saturated carbocycles. The van der Waals surface area contributed by atoms with Crippen molar-refractivity contribution in [2.24, 2.45) is 0 Å². The summed E-state index contributed by atoms with van der Waals surface area (Å²) < 4.78 is 14.1.